The van der Waals surface area contributed by atoms with Crippen molar-refractivity contribution in [3.05, 3.63) is 23.8 Å². The Balaban J connectivity index is 2.47. The van der Waals surface area contributed by atoms with Crippen LogP contribution in [-0.2, 0) is 0 Å². The van der Waals surface area contributed by atoms with Crippen LogP contribution in [0.4, 0.5) is 11.4 Å². The number of nitrogen functional groups attached to an aromatic ring is 1. The highest BCUT2D eigenvalue weighted by molar-refractivity contribution is 5.96. The molecule has 5 nitrogen and oxygen atoms in total. The Morgan fingerprint density at radius 1 is 1.24 bits per heavy atom. The van der Waals surface area contributed by atoms with Crippen molar-refractivity contribution in [3.8, 4) is 0 Å². The van der Waals surface area contributed by atoms with Crippen molar-refractivity contribution in [3.63, 3.8) is 0 Å². The number of hydrogen-bond donors (Lipinski definition) is 2. The van der Waals surface area contributed by atoms with Gasteiger partial charge in [0.15, 0.2) is 0 Å². The van der Waals surface area contributed by atoms with Gasteiger partial charge in [0, 0.05) is 26.2 Å². The zero-order chi connectivity index (χ0) is 15.8. The molecule has 0 saturated carbocycles. The summed E-state index contributed by atoms with van der Waals surface area (Å²) in [5.74, 6) is -0.0634. The first-order valence-electron chi connectivity index (χ1n) is 7.57. The summed E-state index contributed by atoms with van der Waals surface area (Å²) in [7, 11) is 3.86. The average Bonchev–Trinajstić information content (AvgIpc) is 2.46. The Morgan fingerprint density at radius 2 is 1.90 bits per heavy atom. The van der Waals surface area contributed by atoms with Crippen molar-refractivity contribution in [1.29, 1.82) is 0 Å². The van der Waals surface area contributed by atoms with E-state index in [-0.39, 0.29) is 5.91 Å². The minimum absolute atomic E-state index is 0.0634. The molecule has 0 spiro atoms. The standard InChI is InChI=1S/C16H28N4O/c1-5-20(6-2)11-7-10-18-16(21)13-8-9-15(19(3)4)14(17)12-13/h8-9,12H,5-7,10-11,17H2,1-4H3,(H,18,21). The number of nitrogens with one attached hydrogen (secondary N) is 1. The molecule has 0 aliphatic heterocycles. The molecular formula is C16H28N4O. The Kier molecular flexibility index (Phi) is 7.02. The van der Waals surface area contributed by atoms with Gasteiger partial charge in [0.25, 0.3) is 5.91 Å². The van der Waals surface area contributed by atoms with E-state index in [4.69, 9.17) is 5.73 Å². The van der Waals surface area contributed by atoms with Crippen LogP contribution in [0.5, 0.6) is 0 Å². The zero-order valence-corrected chi connectivity index (χ0v) is 13.6. The second-order valence-electron chi connectivity index (χ2n) is 5.30. The minimum Gasteiger partial charge on any atom is -0.397 e. The lowest BCUT2D eigenvalue weighted by molar-refractivity contribution is 0.0952. The van der Waals surface area contributed by atoms with Crippen LogP contribution in [0, 0.1) is 0 Å². The van der Waals surface area contributed by atoms with Crippen molar-refractivity contribution < 1.29 is 4.79 Å². The quantitative estimate of drug-likeness (QED) is 0.566. The molecule has 0 fully saturated rings. The predicted octanol–water partition coefficient (Wildman–Crippen LogP) is 1.80. The van der Waals surface area contributed by atoms with Gasteiger partial charge in [-0.3, -0.25) is 4.79 Å². The second-order valence-corrected chi connectivity index (χ2v) is 5.30. The first kappa shape index (κ1) is 17.3. The van der Waals surface area contributed by atoms with Crippen LogP contribution < -0.4 is 16.0 Å². The molecule has 1 aromatic rings. The van der Waals surface area contributed by atoms with E-state index in [0.717, 1.165) is 31.7 Å². The molecule has 1 rings (SSSR count). The Morgan fingerprint density at radius 3 is 2.43 bits per heavy atom. The average molecular weight is 292 g/mol. The lowest BCUT2D eigenvalue weighted by Crippen LogP contribution is -2.30. The SMILES string of the molecule is CCN(CC)CCCNC(=O)c1ccc(N(C)C)c(N)c1. The lowest BCUT2D eigenvalue weighted by atomic mass is 10.1. The fourth-order valence-electron chi connectivity index (χ4n) is 2.25. The molecule has 1 amide bonds. The number of amides is 1. The highest BCUT2D eigenvalue weighted by atomic mass is 16.1. The van der Waals surface area contributed by atoms with Gasteiger partial charge in [-0.2, -0.15) is 0 Å². The smallest absolute Gasteiger partial charge is 0.251 e. The predicted molar refractivity (Wildman–Crippen MR) is 89.9 cm³/mol. The van der Waals surface area contributed by atoms with Crippen LogP contribution in [-0.4, -0.2) is 51.1 Å². The monoisotopic (exact) mass is 292 g/mol. The summed E-state index contributed by atoms with van der Waals surface area (Å²) in [4.78, 5) is 16.3. The third-order valence-electron chi connectivity index (χ3n) is 3.60. The van der Waals surface area contributed by atoms with Gasteiger partial charge in [0.05, 0.1) is 11.4 Å². The summed E-state index contributed by atoms with van der Waals surface area (Å²) in [6, 6.07) is 5.42. The topological polar surface area (TPSA) is 61.6 Å². The summed E-state index contributed by atoms with van der Waals surface area (Å²) < 4.78 is 0. The van der Waals surface area contributed by atoms with Crippen LogP contribution >= 0.6 is 0 Å². The van der Waals surface area contributed by atoms with Crippen LogP contribution in [0.1, 0.15) is 30.6 Å². The summed E-state index contributed by atoms with van der Waals surface area (Å²) in [5.41, 5.74) is 8.12. The van der Waals surface area contributed by atoms with E-state index in [1.165, 1.54) is 0 Å². The summed E-state index contributed by atoms with van der Waals surface area (Å²) in [5, 5.41) is 2.94. The second kappa shape index (κ2) is 8.52. The van der Waals surface area contributed by atoms with Crippen LogP contribution in [0.25, 0.3) is 0 Å². The van der Waals surface area contributed by atoms with Crippen molar-refractivity contribution in [2.75, 3.05) is 50.9 Å². The summed E-state index contributed by atoms with van der Waals surface area (Å²) >= 11 is 0. The van der Waals surface area contributed by atoms with E-state index in [2.05, 4.69) is 24.1 Å². The van der Waals surface area contributed by atoms with Crippen LogP contribution in [0.2, 0.25) is 0 Å². The third kappa shape index (κ3) is 5.27. The van der Waals surface area contributed by atoms with Gasteiger partial charge in [-0.25, -0.2) is 0 Å². The molecule has 0 bridgehead atoms. The van der Waals surface area contributed by atoms with Gasteiger partial charge in [0.2, 0.25) is 0 Å². The number of hydrogen-bond acceptors (Lipinski definition) is 4. The number of carbonyl (C=O) groups is 1. The molecule has 118 valence electrons. The van der Waals surface area contributed by atoms with Crippen LogP contribution in [0.15, 0.2) is 18.2 Å². The van der Waals surface area contributed by atoms with Crippen LogP contribution in [0.3, 0.4) is 0 Å². The summed E-state index contributed by atoms with van der Waals surface area (Å²) in [6.07, 6.45) is 0.957. The molecule has 0 aromatic heterocycles. The van der Waals surface area contributed by atoms with Crippen molar-refractivity contribution in [1.82, 2.24) is 10.2 Å². The number of rotatable bonds is 8. The maximum Gasteiger partial charge on any atom is 0.251 e. The maximum absolute atomic E-state index is 12.1. The fraction of sp³-hybridized carbons (Fsp3) is 0.562. The molecule has 1 aromatic carbocycles. The lowest BCUT2D eigenvalue weighted by Gasteiger charge is -2.18. The van der Waals surface area contributed by atoms with E-state index >= 15 is 0 Å². The van der Waals surface area contributed by atoms with Crippen molar-refractivity contribution in [2.45, 2.75) is 20.3 Å². The first-order chi connectivity index (χ1) is 9.99. The Bertz CT molecular complexity index is 456. The number of anilines is 2. The van der Waals surface area contributed by atoms with E-state index in [0.29, 0.717) is 17.8 Å². The van der Waals surface area contributed by atoms with Gasteiger partial charge >= 0.3 is 0 Å². The van der Waals surface area contributed by atoms with E-state index < -0.39 is 0 Å². The zero-order valence-electron chi connectivity index (χ0n) is 13.6. The van der Waals surface area contributed by atoms with Gasteiger partial charge in [-0.1, -0.05) is 13.8 Å². The highest BCUT2D eigenvalue weighted by Crippen LogP contribution is 2.22. The van der Waals surface area contributed by atoms with E-state index in [9.17, 15) is 4.79 Å². The molecular weight excluding hydrogens is 264 g/mol. The largest absolute Gasteiger partial charge is 0.397 e. The maximum atomic E-state index is 12.1. The molecule has 21 heavy (non-hydrogen) atoms. The van der Waals surface area contributed by atoms with E-state index in [1.807, 2.05) is 31.1 Å². The molecule has 0 saturated heterocycles. The Hall–Kier alpha value is -1.75. The number of nitrogens with zero attached hydrogens (tertiary/aromatic N) is 2. The molecule has 0 heterocycles. The van der Waals surface area contributed by atoms with Gasteiger partial charge in [0.1, 0.15) is 0 Å². The van der Waals surface area contributed by atoms with Gasteiger partial charge in [-0.15, -0.1) is 0 Å². The molecule has 0 aliphatic carbocycles. The number of nitrogens with two attached hydrogens (primary N) is 1. The third-order valence-corrected chi connectivity index (χ3v) is 3.60. The van der Waals surface area contributed by atoms with Gasteiger partial charge in [-0.05, 0) is 44.3 Å². The van der Waals surface area contributed by atoms with Crippen molar-refractivity contribution >= 4 is 17.3 Å². The molecule has 0 atom stereocenters. The Labute approximate surface area is 128 Å². The fourth-order valence-corrected chi connectivity index (χ4v) is 2.25. The highest BCUT2D eigenvalue weighted by Gasteiger charge is 2.09. The summed E-state index contributed by atoms with van der Waals surface area (Å²) in [6.45, 7) is 8.09. The minimum atomic E-state index is -0.0634. The van der Waals surface area contributed by atoms with E-state index in [1.54, 1.807) is 6.07 Å². The molecule has 3 N–H and O–H groups in total. The molecule has 0 radical (unpaired) electrons. The normalized spacial score (nSPS) is 10.7. The number of benzene rings is 1. The molecule has 5 heteroatoms. The van der Waals surface area contributed by atoms with Gasteiger partial charge < -0.3 is 20.9 Å². The number of carbonyl (C=O) groups excluding carboxylic acids is 1. The first-order valence-corrected chi connectivity index (χ1v) is 7.57. The molecule has 0 unspecified atom stereocenters. The molecule has 0 aliphatic rings. The van der Waals surface area contributed by atoms with Crippen molar-refractivity contribution in [2.24, 2.45) is 0 Å².